The number of carbonyl (C=O) groups is 1. The number of ether oxygens (including phenoxy) is 1. The highest BCUT2D eigenvalue weighted by molar-refractivity contribution is 5.94. The van der Waals surface area contributed by atoms with Gasteiger partial charge in [-0.05, 0) is 25.1 Å². The molecule has 1 unspecified atom stereocenters. The Morgan fingerprint density at radius 3 is 3.25 bits per heavy atom. The van der Waals surface area contributed by atoms with Crippen molar-refractivity contribution in [1.82, 2.24) is 10.3 Å². The maximum absolute atomic E-state index is 11.1. The SMILES string of the molecule is NC(=O)c1cccnc1OCC1CCNC1. The van der Waals surface area contributed by atoms with Crippen LogP contribution in [-0.4, -0.2) is 30.6 Å². The van der Waals surface area contributed by atoms with Crippen LogP contribution in [0.3, 0.4) is 0 Å². The fourth-order valence-corrected chi connectivity index (χ4v) is 1.75. The first-order chi connectivity index (χ1) is 7.77. The maximum atomic E-state index is 11.1. The molecule has 86 valence electrons. The standard InChI is InChI=1S/C11H15N3O2/c12-10(15)9-2-1-4-14-11(9)16-7-8-3-5-13-6-8/h1-2,4,8,13H,3,5-7H2,(H2,12,15). The van der Waals surface area contributed by atoms with Crippen LogP contribution in [-0.2, 0) is 0 Å². The van der Waals surface area contributed by atoms with E-state index in [0.717, 1.165) is 19.5 Å². The molecule has 5 heteroatoms. The maximum Gasteiger partial charge on any atom is 0.254 e. The molecule has 1 atom stereocenters. The van der Waals surface area contributed by atoms with E-state index in [-0.39, 0.29) is 0 Å². The predicted molar refractivity (Wildman–Crippen MR) is 59.2 cm³/mol. The van der Waals surface area contributed by atoms with Gasteiger partial charge in [0.25, 0.3) is 5.91 Å². The van der Waals surface area contributed by atoms with Gasteiger partial charge in [-0.15, -0.1) is 0 Å². The van der Waals surface area contributed by atoms with Crippen LogP contribution in [0.4, 0.5) is 0 Å². The van der Waals surface area contributed by atoms with Crippen LogP contribution >= 0.6 is 0 Å². The van der Waals surface area contributed by atoms with Crippen molar-refractivity contribution in [2.75, 3.05) is 19.7 Å². The molecule has 0 radical (unpaired) electrons. The Morgan fingerprint density at radius 2 is 2.56 bits per heavy atom. The zero-order chi connectivity index (χ0) is 11.4. The molecule has 0 aliphatic carbocycles. The van der Waals surface area contributed by atoms with Crippen molar-refractivity contribution in [2.24, 2.45) is 11.7 Å². The third-order valence-corrected chi connectivity index (χ3v) is 2.65. The molecule has 0 bridgehead atoms. The smallest absolute Gasteiger partial charge is 0.254 e. The monoisotopic (exact) mass is 221 g/mol. The molecule has 5 nitrogen and oxygen atoms in total. The first-order valence-corrected chi connectivity index (χ1v) is 5.35. The predicted octanol–water partition coefficient (Wildman–Crippen LogP) is 0.169. The van der Waals surface area contributed by atoms with Gasteiger partial charge in [-0.25, -0.2) is 4.98 Å². The van der Waals surface area contributed by atoms with Crippen molar-refractivity contribution < 1.29 is 9.53 Å². The summed E-state index contributed by atoms with van der Waals surface area (Å²) in [6.45, 7) is 2.56. The normalized spacial score (nSPS) is 19.6. The van der Waals surface area contributed by atoms with Crippen LogP contribution in [0.25, 0.3) is 0 Å². The van der Waals surface area contributed by atoms with Gasteiger partial charge in [0.1, 0.15) is 5.56 Å². The van der Waals surface area contributed by atoms with E-state index >= 15 is 0 Å². The van der Waals surface area contributed by atoms with Crippen molar-refractivity contribution in [3.05, 3.63) is 23.9 Å². The molecule has 1 aromatic rings. The summed E-state index contributed by atoms with van der Waals surface area (Å²) in [5, 5.41) is 3.25. The van der Waals surface area contributed by atoms with E-state index < -0.39 is 5.91 Å². The van der Waals surface area contributed by atoms with Crippen molar-refractivity contribution in [1.29, 1.82) is 0 Å². The molecule has 0 spiro atoms. The molecular formula is C11H15N3O2. The average molecular weight is 221 g/mol. The zero-order valence-electron chi connectivity index (χ0n) is 8.98. The summed E-state index contributed by atoms with van der Waals surface area (Å²) in [6, 6.07) is 3.29. The minimum Gasteiger partial charge on any atom is -0.477 e. The number of nitrogens with zero attached hydrogens (tertiary/aromatic N) is 1. The lowest BCUT2D eigenvalue weighted by Crippen LogP contribution is -2.18. The van der Waals surface area contributed by atoms with Crippen LogP contribution in [0.2, 0.25) is 0 Å². The molecule has 1 fully saturated rings. The van der Waals surface area contributed by atoms with Crippen LogP contribution in [0, 0.1) is 5.92 Å². The Balaban J connectivity index is 2.00. The number of nitrogens with one attached hydrogen (secondary N) is 1. The van der Waals surface area contributed by atoms with E-state index in [0.29, 0.717) is 24.0 Å². The molecule has 1 aliphatic rings. The second-order valence-corrected chi connectivity index (χ2v) is 3.89. The Labute approximate surface area is 94.0 Å². The van der Waals surface area contributed by atoms with Crippen molar-refractivity contribution >= 4 is 5.91 Å². The Morgan fingerprint density at radius 1 is 1.69 bits per heavy atom. The van der Waals surface area contributed by atoms with Gasteiger partial charge >= 0.3 is 0 Å². The topological polar surface area (TPSA) is 77.2 Å². The molecule has 3 N–H and O–H groups in total. The van der Waals surface area contributed by atoms with Gasteiger partial charge in [0.05, 0.1) is 6.61 Å². The number of aromatic nitrogens is 1. The lowest BCUT2D eigenvalue weighted by atomic mass is 10.1. The van der Waals surface area contributed by atoms with E-state index in [1.807, 2.05) is 0 Å². The number of rotatable bonds is 4. The van der Waals surface area contributed by atoms with E-state index in [4.69, 9.17) is 10.5 Å². The van der Waals surface area contributed by atoms with Crippen molar-refractivity contribution in [3.8, 4) is 5.88 Å². The van der Waals surface area contributed by atoms with Crippen LogP contribution in [0.5, 0.6) is 5.88 Å². The average Bonchev–Trinajstić information content (AvgIpc) is 2.79. The summed E-state index contributed by atoms with van der Waals surface area (Å²) in [6.07, 6.45) is 2.69. The second kappa shape index (κ2) is 4.94. The molecule has 0 aromatic carbocycles. The number of hydrogen-bond acceptors (Lipinski definition) is 4. The lowest BCUT2D eigenvalue weighted by molar-refractivity contribution is 0.0994. The molecular weight excluding hydrogens is 206 g/mol. The van der Waals surface area contributed by atoms with E-state index in [1.54, 1.807) is 18.3 Å². The zero-order valence-corrected chi connectivity index (χ0v) is 8.98. The third-order valence-electron chi connectivity index (χ3n) is 2.65. The molecule has 16 heavy (non-hydrogen) atoms. The number of nitrogens with two attached hydrogens (primary N) is 1. The van der Waals surface area contributed by atoms with Gasteiger partial charge in [0, 0.05) is 18.7 Å². The molecule has 1 aliphatic heterocycles. The quantitative estimate of drug-likeness (QED) is 0.759. The van der Waals surface area contributed by atoms with Crippen molar-refractivity contribution in [3.63, 3.8) is 0 Å². The highest BCUT2D eigenvalue weighted by Crippen LogP contribution is 2.16. The van der Waals surface area contributed by atoms with Crippen LogP contribution in [0.1, 0.15) is 16.8 Å². The summed E-state index contributed by atoms with van der Waals surface area (Å²) >= 11 is 0. The van der Waals surface area contributed by atoms with Gasteiger partial charge in [-0.1, -0.05) is 0 Å². The third kappa shape index (κ3) is 2.49. The van der Waals surface area contributed by atoms with E-state index in [9.17, 15) is 4.79 Å². The number of primary amides is 1. The number of carbonyl (C=O) groups excluding carboxylic acids is 1. The Bertz CT molecular complexity index is 375. The highest BCUT2D eigenvalue weighted by atomic mass is 16.5. The largest absolute Gasteiger partial charge is 0.477 e. The number of amides is 1. The van der Waals surface area contributed by atoms with Gasteiger partial charge in [-0.3, -0.25) is 4.79 Å². The van der Waals surface area contributed by atoms with Gasteiger partial charge in [-0.2, -0.15) is 0 Å². The minimum atomic E-state index is -0.507. The Hall–Kier alpha value is -1.62. The van der Waals surface area contributed by atoms with E-state index in [2.05, 4.69) is 10.3 Å². The summed E-state index contributed by atoms with van der Waals surface area (Å²) in [5.41, 5.74) is 5.57. The second-order valence-electron chi connectivity index (χ2n) is 3.89. The molecule has 0 saturated carbocycles. The van der Waals surface area contributed by atoms with Crippen molar-refractivity contribution in [2.45, 2.75) is 6.42 Å². The first kappa shape index (κ1) is 10.9. The lowest BCUT2D eigenvalue weighted by Gasteiger charge is -2.11. The molecule has 2 heterocycles. The number of hydrogen-bond donors (Lipinski definition) is 2. The fourth-order valence-electron chi connectivity index (χ4n) is 1.75. The molecule has 2 rings (SSSR count). The van der Waals surface area contributed by atoms with Gasteiger partial charge in [0.15, 0.2) is 0 Å². The minimum absolute atomic E-state index is 0.335. The van der Waals surface area contributed by atoms with Gasteiger partial charge < -0.3 is 15.8 Å². The summed E-state index contributed by atoms with van der Waals surface area (Å²) in [4.78, 5) is 15.1. The van der Waals surface area contributed by atoms with Crippen LogP contribution in [0.15, 0.2) is 18.3 Å². The Kier molecular flexibility index (Phi) is 3.36. The first-order valence-electron chi connectivity index (χ1n) is 5.35. The molecule has 1 aromatic heterocycles. The van der Waals surface area contributed by atoms with Gasteiger partial charge in [0.2, 0.25) is 5.88 Å². The van der Waals surface area contributed by atoms with E-state index in [1.165, 1.54) is 0 Å². The summed E-state index contributed by atoms with van der Waals surface area (Å²) in [5.74, 6) is 0.317. The van der Waals surface area contributed by atoms with Crippen LogP contribution < -0.4 is 15.8 Å². The fraction of sp³-hybridized carbons (Fsp3) is 0.455. The number of pyridine rings is 1. The summed E-state index contributed by atoms with van der Waals surface area (Å²) in [7, 11) is 0. The molecule has 1 amide bonds. The summed E-state index contributed by atoms with van der Waals surface area (Å²) < 4.78 is 5.53. The highest BCUT2D eigenvalue weighted by Gasteiger charge is 2.17. The molecule has 1 saturated heterocycles.